The standard InChI is InChI=1S/C20H24N2O3/c1-13(2)12-25-17-7-5-6-16(11-17)19(23)21-22-20(24)18-9-8-14(3)10-15(18)4/h5-11,13H,12H2,1-4H3,(H,21,23)(H,22,24). The third-order valence-corrected chi connectivity index (χ3v) is 3.60. The molecule has 0 aliphatic rings. The van der Waals surface area contributed by atoms with Crippen LogP contribution in [0.5, 0.6) is 5.75 Å². The van der Waals surface area contributed by atoms with Gasteiger partial charge >= 0.3 is 0 Å². The number of hydrogen-bond donors (Lipinski definition) is 2. The van der Waals surface area contributed by atoms with Crippen LogP contribution in [0.3, 0.4) is 0 Å². The summed E-state index contributed by atoms with van der Waals surface area (Å²) >= 11 is 0. The van der Waals surface area contributed by atoms with Crippen LogP contribution in [-0.2, 0) is 0 Å². The smallest absolute Gasteiger partial charge is 0.269 e. The number of carbonyl (C=O) groups is 2. The monoisotopic (exact) mass is 340 g/mol. The lowest BCUT2D eigenvalue weighted by Crippen LogP contribution is -2.41. The van der Waals surface area contributed by atoms with Gasteiger partial charge in [0.15, 0.2) is 0 Å². The predicted octanol–water partition coefficient (Wildman–Crippen LogP) is 3.41. The zero-order chi connectivity index (χ0) is 18.4. The summed E-state index contributed by atoms with van der Waals surface area (Å²) in [5, 5.41) is 0. The molecule has 5 nitrogen and oxygen atoms in total. The van der Waals surface area contributed by atoms with Gasteiger partial charge in [-0.1, -0.05) is 37.6 Å². The van der Waals surface area contributed by atoms with Crippen LogP contribution in [0.15, 0.2) is 42.5 Å². The van der Waals surface area contributed by atoms with Crippen LogP contribution in [-0.4, -0.2) is 18.4 Å². The second-order valence-electron chi connectivity index (χ2n) is 6.46. The van der Waals surface area contributed by atoms with Gasteiger partial charge in [0.2, 0.25) is 0 Å². The van der Waals surface area contributed by atoms with E-state index in [1.165, 1.54) is 0 Å². The Bertz CT molecular complexity index is 769. The van der Waals surface area contributed by atoms with Gasteiger partial charge in [-0.05, 0) is 49.6 Å². The fraction of sp³-hybridized carbons (Fsp3) is 0.300. The number of hydrogen-bond acceptors (Lipinski definition) is 3. The first-order valence-corrected chi connectivity index (χ1v) is 8.27. The normalized spacial score (nSPS) is 10.4. The van der Waals surface area contributed by atoms with Gasteiger partial charge in [-0.15, -0.1) is 0 Å². The third kappa shape index (κ3) is 5.35. The molecule has 2 rings (SSSR count). The molecule has 0 saturated carbocycles. The van der Waals surface area contributed by atoms with Crippen molar-refractivity contribution in [2.24, 2.45) is 5.92 Å². The summed E-state index contributed by atoms with van der Waals surface area (Å²) < 4.78 is 5.61. The van der Waals surface area contributed by atoms with Crippen LogP contribution in [0.25, 0.3) is 0 Å². The molecule has 2 aromatic carbocycles. The van der Waals surface area contributed by atoms with Crippen molar-refractivity contribution in [1.29, 1.82) is 0 Å². The molecule has 0 spiro atoms. The lowest BCUT2D eigenvalue weighted by molar-refractivity contribution is 0.0846. The van der Waals surface area contributed by atoms with E-state index in [4.69, 9.17) is 4.74 Å². The summed E-state index contributed by atoms with van der Waals surface area (Å²) in [5.41, 5.74) is 7.77. The van der Waals surface area contributed by atoms with E-state index < -0.39 is 5.91 Å². The molecule has 0 fully saturated rings. The van der Waals surface area contributed by atoms with Crippen LogP contribution in [0, 0.1) is 19.8 Å². The minimum absolute atomic E-state index is 0.349. The summed E-state index contributed by atoms with van der Waals surface area (Å²) in [5.74, 6) is 0.280. The van der Waals surface area contributed by atoms with E-state index >= 15 is 0 Å². The van der Waals surface area contributed by atoms with Gasteiger partial charge in [-0.2, -0.15) is 0 Å². The van der Waals surface area contributed by atoms with Crippen LogP contribution >= 0.6 is 0 Å². The maximum absolute atomic E-state index is 12.2. The van der Waals surface area contributed by atoms with Crippen molar-refractivity contribution in [3.63, 3.8) is 0 Å². The van der Waals surface area contributed by atoms with E-state index in [1.54, 1.807) is 30.3 Å². The predicted molar refractivity (Wildman–Crippen MR) is 97.6 cm³/mol. The average Bonchev–Trinajstić information content (AvgIpc) is 2.57. The topological polar surface area (TPSA) is 67.4 Å². The number of rotatable bonds is 5. The number of carbonyl (C=O) groups excluding carboxylic acids is 2. The second-order valence-corrected chi connectivity index (χ2v) is 6.46. The van der Waals surface area contributed by atoms with Crippen LogP contribution in [0.4, 0.5) is 0 Å². The molecule has 5 heteroatoms. The van der Waals surface area contributed by atoms with Crippen molar-refractivity contribution < 1.29 is 14.3 Å². The van der Waals surface area contributed by atoms with Crippen LogP contribution in [0.1, 0.15) is 45.7 Å². The molecule has 0 bridgehead atoms. The Morgan fingerprint density at radius 1 is 1.00 bits per heavy atom. The largest absolute Gasteiger partial charge is 0.493 e. The first kappa shape index (κ1) is 18.5. The molecule has 0 aliphatic carbocycles. The van der Waals surface area contributed by atoms with E-state index in [1.807, 2.05) is 26.0 Å². The van der Waals surface area contributed by atoms with Crippen molar-refractivity contribution >= 4 is 11.8 Å². The highest BCUT2D eigenvalue weighted by atomic mass is 16.5. The maximum atomic E-state index is 12.2. The fourth-order valence-corrected chi connectivity index (χ4v) is 2.31. The van der Waals surface area contributed by atoms with Gasteiger partial charge < -0.3 is 4.74 Å². The lowest BCUT2D eigenvalue weighted by Gasteiger charge is -2.11. The van der Waals surface area contributed by atoms with Crippen LogP contribution < -0.4 is 15.6 Å². The molecule has 2 N–H and O–H groups in total. The van der Waals surface area contributed by atoms with Crippen molar-refractivity contribution in [2.45, 2.75) is 27.7 Å². The average molecular weight is 340 g/mol. The SMILES string of the molecule is Cc1ccc(C(=O)NNC(=O)c2cccc(OCC(C)C)c2)c(C)c1. The molecular formula is C20H24N2O3. The number of ether oxygens (including phenoxy) is 1. The fourth-order valence-electron chi connectivity index (χ4n) is 2.31. The molecule has 25 heavy (non-hydrogen) atoms. The first-order chi connectivity index (χ1) is 11.9. The number of nitrogens with one attached hydrogen (secondary N) is 2. The summed E-state index contributed by atoms with van der Waals surface area (Å²) in [6.07, 6.45) is 0. The lowest BCUT2D eigenvalue weighted by atomic mass is 10.1. The molecule has 0 radical (unpaired) electrons. The van der Waals surface area contributed by atoms with Gasteiger partial charge in [-0.25, -0.2) is 0 Å². The third-order valence-electron chi connectivity index (χ3n) is 3.60. The zero-order valence-corrected chi connectivity index (χ0v) is 15.1. The maximum Gasteiger partial charge on any atom is 0.269 e. The number of aryl methyl sites for hydroxylation is 2. The molecule has 0 aromatic heterocycles. The van der Waals surface area contributed by atoms with Crippen molar-refractivity contribution in [1.82, 2.24) is 10.9 Å². The minimum Gasteiger partial charge on any atom is -0.493 e. The summed E-state index contributed by atoms with van der Waals surface area (Å²) in [7, 11) is 0. The summed E-state index contributed by atoms with van der Waals surface area (Å²) in [6, 6.07) is 12.4. The van der Waals surface area contributed by atoms with E-state index in [9.17, 15) is 9.59 Å². The molecule has 0 aliphatic heterocycles. The van der Waals surface area contributed by atoms with Gasteiger partial charge in [0.05, 0.1) is 6.61 Å². The molecule has 2 amide bonds. The van der Waals surface area contributed by atoms with Gasteiger partial charge in [0.1, 0.15) is 5.75 Å². The number of amides is 2. The molecule has 0 saturated heterocycles. The van der Waals surface area contributed by atoms with Gasteiger partial charge in [-0.3, -0.25) is 20.4 Å². The van der Waals surface area contributed by atoms with E-state index in [-0.39, 0.29) is 5.91 Å². The summed E-state index contributed by atoms with van der Waals surface area (Å²) in [6.45, 7) is 8.51. The number of hydrazine groups is 1. The van der Waals surface area contributed by atoms with Crippen molar-refractivity contribution in [3.05, 3.63) is 64.7 Å². The Balaban J connectivity index is 1.97. The Labute approximate surface area is 148 Å². The second kappa shape index (κ2) is 8.33. The Kier molecular flexibility index (Phi) is 6.17. The van der Waals surface area contributed by atoms with E-state index in [2.05, 4.69) is 24.7 Å². The molecule has 2 aromatic rings. The Hall–Kier alpha value is -2.82. The highest BCUT2D eigenvalue weighted by molar-refractivity contribution is 5.99. The highest BCUT2D eigenvalue weighted by Crippen LogP contribution is 2.14. The van der Waals surface area contributed by atoms with Crippen LogP contribution in [0.2, 0.25) is 0 Å². The highest BCUT2D eigenvalue weighted by Gasteiger charge is 2.12. The molecule has 0 unspecified atom stereocenters. The van der Waals surface area contributed by atoms with E-state index in [0.29, 0.717) is 29.4 Å². The van der Waals surface area contributed by atoms with Crippen molar-refractivity contribution in [2.75, 3.05) is 6.61 Å². The first-order valence-electron chi connectivity index (χ1n) is 8.27. The van der Waals surface area contributed by atoms with Gasteiger partial charge in [0, 0.05) is 11.1 Å². The molecule has 0 heterocycles. The number of benzene rings is 2. The quantitative estimate of drug-likeness (QED) is 0.820. The zero-order valence-electron chi connectivity index (χ0n) is 15.1. The van der Waals surface area contributed by atoms with Gasteiger partial charge in [0.25, 0.3) is 11.8 Å². The molecular weight excluding hydrogens is 316 g/mol. The van der Waals surface area contributed by atoms with E-state index in [0.717, 1.165) is 11.1 Å². The minimum atomic E-state index is -0.395. The molecule has 0 atom stereocenters. The molecule has 132 valence electrons. The summed E-state index contributed by atoms with van der Waals surface area (Å²) in [4.78, 5) is 24.4. The Morgan fingerprint density at radius 3 is 2.40 bits per heavy atom. The van der Waals surface area contributed by atoms with Crippen molar-refractivity contribution in [3.8, 4) is 5.75 Å². The Morgan fingerprint density at radius 2 is 1.72 bits per heavy atom.